The molecule has 190 valence electrons. The molecule has 37 heavy (non-hydrogen) atoms. The van der Waals surface area contributed by atoms with Gasteiger partial charge in [-0.25, -0.2) is 4.98 Å². The van der Waals surface area contributed by atoms with E-state index in [1.54, 1.807) is 0 Å². The van der Waals surface area contributed by atoms with E-state index in [0.717, 1.165) is 86.3 Å². The summed E-state index contributed by atoms with van der Waals surface area (Å²) in [5.41, 5.74) is 6.70. The zero-order valence-electron chi connectivity index (χ0n) is 20.8. The molecule has 0 unspecified atom stereocenters. The number of carbonyl (C=O) groups excluding carboxylic acids is 2. The zero-order chi connectivity index (χ0) is 25.0. The van der Waals surface area contributed by atoms with E-state index in [1.165, 1.54) is 12.1 Å². The lowest BCUT2D eigenvalue weighted by atomic mass is 9.78. The molecule has 3 aromatic rings. The van der Waals surface area contributed by atoms with Crippen molar-refractivity contribution in [2.75, 3.05) is 29.9 Å². The fraction of sp³-hybridized carbons (Fsp3) is 0.429. The van der Waals surface area contributed by atoms with Crippen LogP contribution in [0.15, 0.2) is 36.7 Å². The first kappa shape index (κ1) is 22.3. The number of fused-ring (bicyclic) bond motifs is 2. The SMILES string of the molecule is O=C1NCc2c(-c3cnn4c3CCCC4)ccc(Nc3ccc(N4CCC[C@@]5(CCNC5=O)C4)cn3)c21. The summed E-state index contributed by atoms with van der Waals surface area (Å²) in [6.45, 7) is 3.91. The first-order valence-corrected chi connectivity index (χ1v) is 13.4. The molecule has 1 atom stereocenters. The highest BCUT2D eigenvalue weighted by Gasteiger charge is 2.45. The minimum atomic E-state index is -0.264. The summed E-state index contributed by atoms with van der Waals surface area (Å²) in [6.07, 6.45) is 10.0. The van der Waals surface area contributed by atoms with Crippen LogP contribution < -0.4 is 20.9 Å². The molecule has 7 rings (SSSR count). The van der Waals surface area contributed by atoms with Crippen LogP contribution in [0.25, 0.3) is 11.1 Å². The molecule has 1 spiro atoms. The molecule has 9 heteroatoms. The quantitative estimate of drug-likeness (QED) is 0.511. The largest absolute Gasteiger partial charge is 0.369 e. The van der Waals surface area contributed by atoms with Crippen molar-refractivity contribution in [2.24, 2.45) is 5.41 Å². The number of nitrogens with zero attached hydrogens (tertiary/aromatic N) is 4. The molecule has 2 saturated heterocycles. The van der Waals surface area contributed by atoms with Crippen LogP contribution in [0.1, 0.15) is 53.7 Å². The van der Waals surface area contributed by atoms with Gasteiger partial charge in [-0.05, 0) is 67.9 Å². The summed E-state index contributed by atoms with van der Waals surface area (Å²) in [5.74, 6) is 0.813. The second-order valence-corrected chi connectivity index (χ2v) is 10.7. The predicted molar refractivity (Wildman–Crippen MR) is 141 cm³/mol. The molecule has 0 bridgehead atoms. The molecule has 2 aromatic heterocycles. The van der Waals surface area contributed by atoms with Crippen LogP contribution in [0.4, 0.5) is 17.2 Å². The number of pyridine rings is 1. The Balaban J connectivity index is 1.14. The van der Waals surface area contributed by atoms with Gasteiger partial charge in [0.25, 0.3) is 5.91 Å². The molecule has 2 fully saturated rings. The smallest absolute Gasteiger partial charge is 0.254 e. The van der Waals surface area contributed by atoms with E-state index in [1.807, 2.05) is 24.5 Å². The number of benzene rings is 1. The van der Waals surface area contributed by atoms with Gasteiger partial charge in [0.15, 0.2) is 0 Å². The zero-order valence-corrected chi connectivity index (χ0v) is 20.8. The average molecular weight is 498 g/mol. The maximum Gasteiger partial charge on any atom is 0.254 e. The molecule has 6 heterocycles. The molecular formula is C28H31N7O2. The molecule has 0 radical (unpaired) electrons. The van der Waals surface area contributed by atoms with Crippen molar-refractivity contribution in [3.8, 4) is 11.1 Å². The Morgan fingerprint density at radius 1 is 0.946 bits per heavy atom. The maximum absolute atomic E-state index is 12.9. The van der Waals surface area contributed by atoms with E-state index >= 15 is 0 Å². The second kappa shape index (κ2) is 8.61. The lowest BCUT2D eigenvalue weighted by molar-refractivity contribution is -0.128. The Labute approximate surface area is 215 Å². The van der Waals surface area contributed by atoms with Crippen LogP contribution in [0.3, 0.4) is 0 Å². The summed E-state index contributed by atoms with van der Waals surface area (Å²) >= 11 is 0. The highest BCUT2D eigenvalue weighted by atomic mass is 16.2. The van der Waals surface area contributed by atoms with Crippen LogP contribution >= 0.6 is 0 Å². The van der Waals surface area contributed by atoms with Crippen LogP contribution in [-0.2, 0) is 24.3 Å². The summed E-state index contributed by atoms with van der Waals surface area (Å²) in [4.78, 5) is 32.3. The number of rotatable bonds is 4. The maximum atomic E-state index is 12.9. The Hall–Kier alpha value is -3.88. The van der Waals surface area contributed by atoms with Crippen molar-refractivity contribution in [3.05, 3.63) is 53.5 Å². The lowest BCUT2D eigenvalue weighted by Crippen LogP contribution is -2.47. The van der Waals surface area contributed by atoms with E-state index < -0.39 is 0 Å². The number of aromatic nitrogens is 3. The molecule has 4 aliphatic rings. The molecule has 0 aliphatic carbocycles. The van der Waals surface area contributed by atoms with Gasteiger partial charge in [-0.3, -0.25) is 14.3 Å². The first-order chi connectivity index (χ1) is 18.1. The van der Waals surface area contributed by atoms with E-state index in [0.29, 0.717) is 17.9 Å². The van der Waals surface area contributed by atoms with Gasteiger partial charge in [0, 0.05) is 44.0 Å². The number of hydrogen-bond acceptors (Lipinski definition) is 6. The second-order valence-electron chi connectivity index (χ2n) is 10.7. The molecule has 3 N–H and O–H groups in total. The number of carbonyl (C=O) groups is 2. The number of amides is 2. The number of nitrogens with one attached hydrogen (secondary N) is 3. The van der Waals surface area contributed by atoms with Gasteiger partial charge < -0.3 is 20.9 Å². The molecular weight excluding hydrogens is 466 g/mol. The van der Waals surface area contributed by atoms with E-state index in [2.05, 4.69) is 47.7 Å². The highest BCUT2D eigenvalue weighted by Crippen LogP contribution is 2.39. The molecule has 2 amide bonds. The number of aryl methyl sites for hydroxylation is 1. The minimum absolute atomic E-state index is 0.0644. The summed E-state index contributed by atoms with van der Waals surface area (Å²) in [5, 5.41) is 14.0. The molecule has 4 aliphatic heterocycles. The summed E-state index contributed by atoms with van der Waals surface area (Å²) < 4.78 is 2.11. The first-order valence-electron chi connectivity index (χ1n) is 13.4. The molecule has 0 saturated carbocycles. The third-order valence-electron chi connectivity index (χ3n) is 8.56. The van der Waals surface area contributed by atoms with Gasteiger partial charge in [-0.2, -0.15) is 5.10 Å². The highest BCUT2D eigenvalue weighted by molar-refractivity contribution is 6.06. The third kappa shape index (κ3) is 3.67. The Bertz CT molecular complexity index is 1400. The topological polar surface area (TPSA) is 104 Å². The van der Waals surface area contributed by atoms with Gasteiger partial charge in [0.1, 0.15) is 5.82 Å². The van der Waals surface area contributed by atoms with E-state index in [-0.39, 0.29) is 17.2 Å². The van der Waals surface area contributed by atoms with Gasteiger partial charge in [0.2, 0.25) is 5.91 Å². The van der Waals surface area contributed by atoms with Crippen molar-refractivity contribution in [1.29, 1.82) is 0 Å². The fourth-order valence-corrected chi connectivity index (χ4v) is 6.59. The third-order valence-corrected chi connectivity index (χ3v) is 8.56. The number of piperidine rings is 1. The molecule has 1 aromatic carbocycles. The van der Waals surface area contributed by atoms with Crippen molar-refractivity contribution in [2.45, 2.75) is 51.6 Å². The monoisotopic (exact) mass is 497 g/mol. The average Bonchev–Trinajstić information content (AvgIpc) is 3.63. The molecule has 9 nitrogen and oxygen atoms in total. The fourth-order valence-electron chi connectivity index (χ4n) is 6.59. The standard InChI is InChI=1S/C28H31N7O2/c36-26-25-21(15-31-26)19(20-16-32-35-13-2-1-4-23(20)35)6-7-22(25)33-24-8-5-18(14-30-24)34-12-3-9-28(17-34)10-11-29-27(28)37/h5-8,14,16H,1-4,9-13,15,17H2,(H,29,37)(H,30,33)(H,31,36)/t28-/m1/s1. The van der Waals surface area contributed by atoms with E-state index in [4.69, 9.17) is 0 Å². The minimum Gasteiger partial charge on any atom is -0.369 e. The predicted octanol–water partition coefficient (Wildman–Crippen LogP) is 3.37. The van der Waals surface area contributed by atoms with Crippen LogP contribution in [0.5, 0.6) is 0 Å². The van der Waals surface area contributed by atoms with Gasteiger partial charge in [0.05, 0.1) is 34.7 Å². The number of hydrogen-bond donors (Lipinski definition) is 3. The summed E-state index contributed by atoms with van der Waals surface area (Å²) in [7, 11) is 0. The van der Waals surface area contributed by atoms with E-state index in [9.17, 15) is 9.59 Å². The van der Waals surface area contributed by atoms with Crippen LogP contribution in [0.2, 0.25) is 0 Å². The van der Waals surface area contributed by atoms with Crippen molar-refractivity contribution in [1.82, 2.24) is 25.4 Å². The Morgan fingerprint density at radius 3 is 2.73 bits per heavy atom. The van der Waals surface area contributed by atoms with Crippen molar-refractivity contribution < 1.29 is 9.59 Å². The van der Waals surface area contributed by atoms with Crippen molar-refractivity contribution >= 4 is 29.0 Å². The van der Waals surface area contributed by atoms with Crippen LogP contribution in [-0.4, -0.2) is 46.2 Å². The summed E-state index contributed by atoms with van der Waals surface area (Å²) in [6, 6.07) is 8.08. The van der Waals surface area contributed by atoms with Crippen molar-refractivity contribution in [3.63, 3.8) is 0 Å². The van der Waals surface area contributed by atoms with Crippen LogP contribution in [0, 0.1) is 5.41 Å². The normalized spacial score (nSPS) is 22.5. The lowest BCUT2D eigenvalue weighted by Gasteiger charge is -2.39. The van der Waals surface area contributed by atoms with Gasteiger partial charge in [-0.15, -0.1) is 0 Å². The van der Waals surface area contributed by atoms with Gasteiger partial charge >= 0.3 is 0 Å². The Morgan fingerprint density at radius 2 is 1.89 bits per heavy atom. The van der Waals surface area contributed by atoms with Gasteiger partial charge in [-0.1, -0.05) is 6.07 Å². The number of anilines is 3. The Kier molecular flexibility index (Phi) is 5.19.